The fourth-order valence-corrected chi connectivity index (χ4v) is 3.76. The minimum atomic E-state index is -3.63. The topological polar surface area (TPSA) is 82.0 Å². The Bertz CT molecular complexity index is 614. The number of hydrogen-bond acceptors (Lipinski definition) is 4. The molecule has 1 saturated heterocycles. The SMILES string of the molecule is Cc1cccc(S(=O)(=O)NC[C@@H]2CCCNC2)c1C#N. The van der Waals surface area contributed by atoms with Crippen LogP contribution in [0.2, 0.25) is 0 Å². The molecule has 1 atom stereocenters. The van der Waals surface area contributed by atoms with Crippen LogP contribution in [0.15, 0.2) is 23.1 Å². The Kier molecular flexibility index (Phi) is 4.76. The number of aryl methyl sites for hydroxylation is 1. The number of sulfonamides is 1. The first kappa shape index (κ1) is 15.0. The van der Waals surface area contributed by atoms with Crippen LogP contribution in [-0.2, 0) is 10.0 Å². The fourth-order valence-electron chi connectivity index (χ4n) is 2.41. The van der Waals surface area contributed by atoms with E-state index in [9.17, 15) is 8.42 Å². The first-order valence-electron chi connectivity index (χ1n) is 6.74. The van der Waals surface area contributed by atoms with E-state index in [-0.39, 0.29) is 10.5 Å². The number of nitrogens with one attached hydrogen (secondary N) is 2. The van der Waals surface area contributed by atoms with Crippen molar-refractivity contribution in [3.8, 4) is 6.07 Å². The summed E-state index contributed by atoms with van der Waals surface area (Å²) < 4.78 is 27.3. The van der Waals surface area contributed by atoms with Gasteiger partial charge in [-0.2, -0.15) is 5.26 Å². The van der Waals surface area contributed by atoms with Gasteiger partial charge in [-0.15, -0.1) is 0 Å². The number of nitrogens with zero attached hydrogens (tertiary/aromatic N) is 1. The summed E-state index contributed by atoms with van der Waals surface area (Å²) >= 11 is 0. The molecule has 1 aliphatic rings. The summed E-state index contributed by atoms with van der Waals surface area (Å²) in [6, 6.07) is 6.85. The Morgan fingerprint density at radius 2 is 2.30 bits per heavy atom. The number of benzene rings is 1. The number of piperidine rings is 1. The van der Waals surface area contributed by atoms with Crippen LogP contribution in [0.3, 0.4) is 0 Å². The number of hydrogen-bond donors (Lipinski definition) is 2. The van der Waals surface area contributed by atoms with E-state index in [2.05, 4.69) is 10.0 Å². The molecule has 0 bridgehead atoms. The molecule has 6 heteroatoms. The lowest BCUT2D eigenvalue weighted by Crippen LogP contribution is -2.38. The number of nitriles is 1. The van der Waals surface area contributed by atoms with Crippen LogP contribution in [0.5, 0.6) is 0 Å². The highest BCUT2D eigenvalue weighted by molar-refractivity contribution is 7.89. The van der Waals surface area contributed by atoms with Crippen LogP contribution in [0.25, 0.3) is 0 Å². The average molecular weight is 293 g/mol. The van der Waals surface area contributed by atoms with Crippen molar-refractivity contribution >= 4 is 10.0 Å². The van der Waals surface area contributed by atoms with E-state index >= 15 is 0 Å². The normalized spacial score (nSPS) is 19.5. The zero-order valence-corrected chi connectivity index (χ0v) is 12.3. The predicted molar refractivity (Wildman–Crippen MR) is 76.7 cm³/mol. The molecular weight excluding hydrogens is 274 g/mol. The summed E-state index contributed by atoms with van der Waals surface area (Å²) in [4.78, 5) is 0.0729. The second-order valence-corrected chi connectivity index (χ2v) is 6.86. The highest BCUT2D eigenvalue weighted by atomic mass is 32.2. The van der Waals surface area contributed by atoms with Crippen molar-refractivity contribution in [2.45, 2.75) is 24.7 Å². The van der Waals surface area contributed by atoms with Crippen molar-refractivity contribution in [3.63, 3.8) is 0 Å². The quantitative estimate of drug-likeness (QED) is 0.872. The minimum absolute atomic E-state index is 0.0729. The molecule has 0 aromatic heterocycles. The summed E-state index contributed by atoms with van der Waals surface area (Å²) in [5, 5.41) is 12.4. The smallest absolute Gasteiger partial charge is 0.241 e. The first-order chi connectivity index (χ1) is 9.54. The van der Waals surface area contributed by atoms with Crippen LogP contribution >= 0.6 is 0 Å². The van der Waals surface area contributed by atoms with Crippen LogP contribution in [-0.4, -0.2) is 28.1 Å². The second kappa shape index (κ2) is 6.35. The van der Waals surface area contributed by atoms with Crippen molar-refractivity contribution in [3.05, 3.63) is 29.3 Å². The zero-order valence-electron chi connectivity index (χ0n) is 11.5. The first-order valence-corrected chi connectivity index (χ1v) is 8.23. The predicted octanol–water partition coefficient (Wildman–Crippen LogP) is 1.14. The van der Waals surface area contributed by atoms with Crippen LogP contribution < -0.4 is 10.0 Å². The van der Waals surface area contributed by atoms with Crippen LogP contribution in [0.4, 0.5) is 0 Å². The monoisotopic (exact) mass is 293 g/mol. The van der Waals surface area contributed by atoms with Crippen molar-refractivity contribution in [2.75, 3.05) is 19.6 Å². The summed E-state index contributed by atoms with van der Waals surface area (Å²) in [6.45, 7) is 3.98. The van der Waals surface area contributed by atoms with Gasteiger partial charge in [0.25, 0.3) is 0 Å². The lowest BCUT2D eigenvalue weighted by Gasteiger charge is -2.23. The van der Waals surface area contributed by atoms with Gasteiger partial charge < -0.3 is 5.32 Å². The zero-order chi connectivity index (χ0) is 14.6. The molecule has 1 fully saturated rings. The highest BCUT2D eigenvalue weighted by Crippen LogP contribution is 2.19. The summed E-state index contributed by atoms with van der Waals surface area (Å²) in [6.07, 6.45) is 2.09. The molecule has 1 aromatic rings. The highest BCUT2D eigenvalue weighted by Gasteiger charge is 2.21. The van der Waals surface area contributed by atoms with Gasteiger partial charge in [-0.1, -0.05) is 12.1 Å². The molecule has 0 amide bonds. The van der Waals surface area contributed by atoms with E-state index in [1.54, 1.807) is 19.1 Å². The molecular formula is C14H19N3O2S. The molecule has 2 N–H and O–H groups in total. The standard InChI is InChI=1S/C14H19N3O2S/c1-11-4-2-6-14(13(11)8-15)20(18,19)17-10-12-5-3-7-16-9-12/h2,4,6,12,16-17H,3,5,7,9-10H2,1H3/t12-/m1/s1. The minimum Gasteiger partial charge on any atom is -0.316 e. The van der Waals surface area contributed by atoms with Gasteiger partial charge in [0.2, 0.25) is 10.0 Å². The van der Waals surface area contributed by atoms with Gasteiger partial charge in [0.15, 0.2) is 0 Å². The maximum absolute atomic E-state index is 12.3. The van der Waals surface area contributed by atoms with Crippen LogP contribution in [0, 0.1) is 24.2 Å². The van der Waals surface area contributed by atoms with E-state index in [1.165, 1.54) is 6.07 Å². The molecule has 2 rings (SSSR count). The van der Waals surface area contributed by atoms with Crippen molar-refractivity contribution in [2.24, 2.45) is 5.92 Å². The summed E-state index contributed by atoms with van der Waals surface area (Å²) in [5.41, 5.74) is 0.900. The Hall–Kier alpha value is -1.42. The van der Waals surface area contributed by atoms with Gasteiger partial charge in [-0.05, 0) is 50.4 Å². The van der Waals surface area contributed by atoms with E-state index in [1.807, 2.05) is 6.07 Å². The molecule has 1 aromatic carbocycles. The van der Waals surface area contributed by atoms with Crippen molar-refractivity contribution in [1.82, 2.24) is 10.0 Å². The Morgan fingerprint density at radius 1 is 1.50 bits per heavy atom. The molecule has 0 radical (unpaired) electrons. The van der Waals surface area contributed by atoms with Gasteiger partial charge in [0.05, 0.1) is 10.5 Å². The number of rotatable bonds is 4. The van der Waals surface area contributed by atoms with Gasteiger partial charge in [-0.3, -0.25) is 0 Å². The largest absolute Gasteiger partial charge is 0.316 e. The third kappa shape index (κ3) is 3.37. The summed E-state index contributed by atoms with van der Waals surface area (Å²) in [7, 11) is -3.63. The third-order valence-electron chi connectivity index (χ3n) is 3.60. The second-order valence-electron chi connectivity index (χ2n) is 5.12. The molecule has 0 aliphatic carbocycles. The fraction of sp³-hybridized carbons (Fsp3) is 0.500. The Labute approximate surface area is 120 Å². The van der Waals surface area contributed by atoms with Crippen molar-refractivity contribution < 1.29 is 8.42 Å². The summed E-state index contributed by atoms with van der Waals surface area (Å²) in [5.74, 6) is 0.314. The van der Waals surface area contributed by atoms with E-state index in [0.29, 0.717) is 18.0 Å². The van der Waals surface area contributed by atoms with Gasteiger partial charge in [-0.25, -0.2) is 13.1 Å². The lowest BCUT2D eigenvalue weighted by molar-refractivity contribution is 0.376. The molecule has 5 nitrogen and oxygen atoms in total. The Morgan fingerprint density at radius 3 is 2.95 bits per heavy atom. The van der Waals surface area contributed by atoms with Crippen LogP contribution in [0.1, 0.15) is 24.0 Å². The van der Waals surface area contributed by atoms with Gasteiger partial charge >= 0.3 is 0 Å². The van der Waals surface area contributed by atoms with E-state index in [4.69, 9.17) is 5.26 Å². The third-order valence-corrected chi connectivity index (χ3v) is 5.06. The maximum Gasteiger partial charge on any atom is 0.241 e. The molecule has 0 spiro atoms. The molecule has 108 valence electrons. The molecule has 20 heavy (non-hydrogen) atoms. The lowest BCUT2D eigenvalue weighted by atomic mass is 10.0. The average Bonchev–Trinajstić information content (AvgIpc) is 2.46. The van der Waals surface area contributed by atoms with E-state index in [0.717, 1.165) is 25.9 Å². The van der Waals surface area contributed by atoms with Gasteiger partial charge in [0.1, 0.15) is 6.07 Å². The molecule has 0 unspecified atom stereocenters. The Balaban J connectivity index is 2.14. The van der Waals surface area contributed by atoms with Gasteiger partial charge in [0, 0.05) is 6.54 Å². The maximum atomic E-state index is 12.3. The molecule has 0 saturated carbocycles. The molecule has 1 aliphatic heterocycles. The van der Waals surface area contributed by atoms with Crippen molar-refractivity contribution in [1.29, 1.82) is 5.26 Å². The molecule has 1 heterocycles. The van der Waals surface area contributed by atoms with E-state index < -0.39 is 10.0 Å².